The standard InChI is InChI=1S/C15H21N5O2/c1-16-14(21)15(11-22-2)4-3-6-19(15)10-12-8-18-13-9-17-5-7-20(12)13/h5,7-9H,3-4,6,10-11H2,1-2H3,(H,16,21). The van der Waals surface area contributed by atoms with Crippen LogP contribution in [-0.4, -0.2) is 58.0 Å². The fourth-order valence-corrected chi connectivity index (χ4v) is 3.33. The first kappa shape index (κ1) is 14.9. The van der Waals surface area contributed by atoms with Gasteiger partial charge in [-0.05, 0) is 19.4 Å². The van der Waals surface area contributed by atoms with Gasteiger partial charge in [-0.15, -0.1) is 0 Å². The molecule has 0 aromatic carbocycles. The molecule has 118 valence electrons. The van der Waals surface area contributed by atoms with Gasteiger partial charge in [0.2, 0.25) is 5.91 Å². The van der Waals surface area contributed by atoms with Gasteiger partial charge in [-0.1, -0.05) is 0 Å². The van der Waals surface area contributed by atoms with Crippen LogP contribution in [0.3, 0.4) is 0 Å². The first-order chi connectivity index (χ1) is 10.7. The van der Waals surface area contributed by atoms with Gasteiger partial charge in [0.1, 0.15) is 5.54 Å². The van der Waals surface area contributed by atoms with Gasteiger partial charge < -0.3 is 10.1 Å². The molecule has 0 spiro atoms. The number of nitrogens with zero attached hydrogens (tertiary/aromatic N) is 4. The van der Waals surface area contributed by atoms with Gasteiger partial charge in [-0.2, -0.15) is 0 Å². The van der Waals surface area contributed by atoms with Crippen LogP contribution in [-0.2, 0) is 16.1 Å². The molecule has 1 saturated heterocycles. The van der Waals surface area contributed by atoms with Crippen molar-refractivity contribution in [1.29, 1.82) is 0 Å². The minimum Gasteiger partial charge on any atom is -0.382 e. The van der Waals surface area contributed by atoms with E-state index in [2.05, 4.69) is 20.2 Å². The van der Waals surface area contributed by atoms with Gasteiger partial charge in [-0.25, -0.2) is 4.98 Å². The van der Waals surface area contributed by atoms with E-state index in [0.717, 1.165) is 30.7 Å². The lowest BCUT2D eigenvalue weighted by Crippen LogP contribution is -2.57. The van der Waals surface area contributed by atoms with Crippen molar-refractivity contribution >= 4 is 11.6 Å². The lowest BCUT2D eigenvalue weighted by atomic mass is 9.95. The third-order valence-corrected chi connectivity index (χ3v) is 4.40. The number of likely N-dealkylation sites (tertiary alicyclic amines) is 1. The smallest absolute Gasteiger partial charge is 0.242 e. The van der Waals surface area contributed by atoms with Gasteiger partial charge in [-0.3, -0.25) is 19.1 Å². The number of carbonyl (C=O) groups is 1. The Hall–Kier alpha value is -1.99. The summed E-state index contributed by atoms with van der Waals surface area (Å²) < 4.78 is 7.36. The highest BCUT2D eigenvalue weighted by atomic mass is 16.5. The van der Waals surface area contributed by atoms with Gasteiger partial charge >= 0.3 is 0 Å². The fourth-order valence-electron chi connectivity index (χ4n) is 3.33. The fraction of sp³-hybridized carbons (Fsp3) is 0.533. The van der Waals surface area contributed by atoms with Crippen LogP contribution in [0.15, 0.2) is 24.8 Å². The number of rotatable bonds is 5. The molecule has 7 nitrogen and oxygen atoms in total. The average Bonchev–Trinajstić information content (AvgIpc) is 3.13. The second-order valence-corrected chi connectivity index (χ2v) is 5.62. The number of carbonyl (C=O) groups excluding carboxylic acids is 1. The molecule has 1 aliphatic heterocycles. The number of likely N-dealkylation sites (N-methyl/N-ethyl adjacent to an activating group) is 1. The summed E-state index contributed by atoms with van der Waals surface area (Å²) in [5, 5.41) is 2.79. The number of nitrogens with one attached hydrogen (secondary N) is 1. The topological polar surface area (TPSA) is 71.8 Å². The number of methoxy groups -OCH3 is 1. The molecule has 0 bridgehead atoms. The molecule has 2 aromatic rings. The highest BCUT2D eigenvalue weighted by molar-refractivity contribution is 5.86. The van der Waals surface area contributed by atoms with E-state index in [1.54, 1.807) is 26.6 Å². The first-order valence-electron chi connectivity index (χ1n) is 7.43. The van der Waals surface area contributed by atoms with Crippen molar-refractivity contribution < 1.29 is 9.53 Å². The zero-order chi connectivity index (χ0) is 15.6. The summed E-state index contributed by atoms with van der Waals surface area (Å²) in [5.41, 5.74) is 1.26. The van der Waals surface area contributed by atoms with Crippen molar-refractivity contribution in [2.24, 2.45) is 0 Å². The summed E-state index contributed by atoms with van der Waals surface area (Å²) >= 11 is 0. The van der Waals surface area contributed by atoms with Crippen LogP contribution >= 0.6 is 0 Å². The van der Waals surface area contributed by atoms with Crippen LogP contribution in [0, 0.1) is 0 Å². The van der Waals surface area contributed by atoms with E-state index in [9.17, 15) is 4.79 Å². The zero-order valence-corrected chi connectivity index (χ0v) is 13.0. The van der Waals surface area contributed by atoms with E-state index < -0.39 is 5.54 Å². The van der Waals surface area contributed by atoms with Crippen molar-refractivity contribution in [3.05, 3.63) is 30.5 Å². The maximum absolute atomic E-state index is 12.5. The predicted molar refractivity (Wildman–Crippen MR) is 81.3 cm³/mol. The highest BCUT2D eigenvalue weighted by Gasteiger charge is 2.47. The minimum absolute atomic E-state index is 0.0161. The molecule has 0 aliphatic carbocycles. The largest absolute Gasteiger partial charge is 0.382 e. The molecule has 7 heteroatoms. The predicted octanol–water partition coefficient (Wildman–Crippen LogP) is 0.456. The molecule has 0 radical (unpaired) electrons. The molecule has 2 aromatic heterocycles. The van der Waals surface area contributed by atoms with Gasteiger partial charge in [0.25, 0.3) is 0 Å². The summed E-state index contributed by atoms with van der Waals surface area (Å²) in [6.07, 6.45) is 8.99. The maximum Gasteiger partial charge on any atom is 0.242 e. The maximum atomic E-state index is 12.5. The number of hydrogen-bond acceptors (Lipinski definition) is 5. The van der Waals surface area contributed by atoms with Gasteiger partial charge in [0, 0.05) is 33.1 Å². The Morgan fingerprint density at radius 2 is 2.36 bits per heavy atom. The van der Waals surface area contributed by atoms with E-state index >= 15 is 0 Å². The van der Waals surface area contributed by atoms with Crippen LogP contribution in [0.2, 0.25) is 0 Å². The van der Waals surface area contributed by atoms with Crippen molar-refractivity contribution in [2.45, 2.75) is 24.9 Å². The zero-order valence-electron chi connectivity index (χ0n) is 13.0. The van der Waals surface area contributed by atoms with E-state index in [4.69, 9.17) is 4.74 Å². The van der Waals surface area contributed by atoms with Crippen molar-refractivity contribution in [2.75, 3.05) is 27.3 Å². The Labute approximate surface area is 129 Å². The molecule has 3 heterocycles. The molecular formula is C15H21N5O2. The molecule has 1 amide bonds. The second-order valence-electron chi connectivity index (χ2n) is 5.62. The lowest BCUT2D eigenvalue weighted by Gasteiger charge is -2.36. The quantitative estimate of drug-likeness (QED) is 0.868. The van der Waals surface area contributed by atoms with Crippen LogP contribution in [0.4, 0.5) is 0 Å². The Morgan fingerprint density at radius 1 is 1.50 bits per heavy atom. The van der Waals surface area contributed by atoms with Gasteiger partial charge in [0.05, 0.1) is 24.7 Å². The van der Waals surface area contributed by atoms with Gasteiger partial charge in [0.15, 0.2) is 5.65 Å². The number of fused-ring (bicyclic) bond motifs is 1. The van der Waals surface area contributed by atoms with Crippen molar-refractivity contribution in [3.63, 3.8) is 0 Å². The monoisotopic (exact) mass is 303 g/mol. The molecule has 1 unspecified atom stereocenters. The summed E-state index contributed by atoms with van der Waals surface area (Å²) in [7, 11) is 3.32. The van der Waals surface area contributed by atoms with Crippen LogP contribution in [0.25, 0.3) is 5.65 Å². The second kappa shape index (κ2) is 6.02. The summed E-state index contributed by atoms with van der Waals surface area (Å²) in [4.78, 5) is 23.1. The van der Waals surface area contributed by atoms with Crippen molar-refractivity contribution in [3.8, 4) is 0 Å². The molecule has 0 saturated carbocycles. The van der Waals surface area contributed by atoms with E-state index in [1.165, 1.54) is 0 Å². The molecule has 1 fully saturated rings. The summed E-state index contributed by atoms with van der Waals surface area (Å²) in [6.45, 7) is 1.92. The number of ether oxygens (including phenoxy) is 1. The molecule has 1 aliphatic rings. The average molecular weight is 303 g/mol. The number of amides is 1. The Bertz CT molecular complexity index is 671. The van der Waals surface area contributed by atoms with E-state index in [1.807, 2.05) is 16.8 Å². The first-order valence-corrected chi connectivity index (χ1v) is 7.43. The van der Waals surface area contributed by atoms with Crippen LogP contribution < -0.4 is 5.32 Å². The molecule has 3 rings (SSSR count). The third-order valence-electron chi connectivity index (χ3n) is 4.40. The Kier molecular flexibility index (Phi) is 4.08. The van der Waals surface area contributed by atoms with E-state index in [0.29, 0.717) is 13.2 Å². The molecule has 22 heavy (non-hydrogen) atoms. The molecule has 1 N–H and O–H groups in total. The van der Waals surface area contributed by atoms with E-state index in [-0.39, 0.29) is 5.91 Å². The Balaban J connectivity index is 1.91. The number of imidazole rings is 1. The van der Waals surface area contributed by atoms with Crippen LogP contribution in [0.1, 0.15) is 18.5 Å². The SMILES string of the molecule is CNC(=O)C1(COC)CCCN1Cc1cnc2cnccn12. The van der Waals surface area contributed by atoms with Crippen LogP contribution in [0.5, 0.6) is 0 Å². The normalized spacial score (nSPS) is 22.3. The minimum atomic E-state index is -0.597. The Morgan fingerprint density at radius 3 is 3.14 bits per heavy atom. The van der Waals surface area contributed by atoms with Crippen molar-refractivity contribution in [1.82, 2.24) is 24.6 Å². The molecular weight excluding hydrogens is 282 g/mol. The number of aromatic nitrogens is 3. The third kappa shape index (κ3) is 2.36. The number of hydrogen-bond donors (Lipinski definition) is 1. The summed E-state index contributed by atoms with van der Waals surface area (Å²) in [5.74, 6) is 0.0161. The molecule has 1 atom stereocenters. The summed E-state index contributed by atoms with van der Waals surface area (Å²) in [6, 6.07) is 0. The highest BCUT2D eigenvalue weighted by Crippen LogP contribution is 2.31. The lowest BCUT2D eigenvalue weighted by molar-refractivity contribution is -0.135.